The Balaban J connectivity index is 1.41. The van der Waals surface area contributed by atoms with E-state index in [0.29, 0.717) is 16.3 Å². The highest BCUT2D eigenvalue weighted by molar-refractivity contribution is 7.80. The summed E-state index contributed by atoms with van der Waals surface area (Å²) in [6, 6.07) is 20.7. The summed E-state index contributed by atoms with van der Waals surface area (Å²) in [4.78, 5) is 3.06. The fourth-order valence-corrected chi connectivity index (χ4v) is 3.88. The van der Waals surface area contributed by atoms with Crippen LogP contribution in [0.4, 0.5) is 4.39 Å². The Morgan fingerprint density at radius 2 is 1.75 bits per heavy atom. The lowest BCUT2D eigenvalue weighted by molar-refractivity contribution is 0.300. The second-order valence-corrected chi connectivity index (χ2v) is 7.55. The quantitative estimate of drug-likeness (QED) is 0.504. The number of thiocarbonyl (C=S) groups is 1. The predicted molar refractivity (Wildman–Crippen MR) is 114 cm³/mol. The Morgan fingerprint density at radius 3 is 2.50 bits per heavy atom. The van der Waals surface area contributed by atoms with Crippen LogP contribution in [0.2, 0.25) is 5.02 Å². The van der Waals surface area contributed by atoms with Crippen LogP contribution in [0.5, 0.6) is 5.75 Å². The molecule has 0 fully saturated rings. The van der Waals surface area contributed by atoms with E-state index >= 15 is 0 Å². The summed E-state index contributed by atoms with van der Waals surface area (Å²) in [6.45, 7) is 1.83. The summed E-state index contributed by atoms with van der Waals surface area (Å²) in [5.41, 5.74) is 4.07. The van der Waals surface area contributed by atoms with Crippen molar-refractivity contribution in [3.05, 3.63) is 99.8 Å². The van der Waals surface area contributed by atoms with Gasteiger partial charge in [-0.05, 0) is 53.9 Å². The van der Waals surface area contributed by atoms with Crippen LogP contribution in [0.15, 0.2) is 66.7 Å². The van der Waals surface area contributed by atoms with Gasteiger partial charge < -0.3 is 9.64 Å². The van der Waals surface area contributed by atoms with Gasteiger partial charge in [-0.3, -0.25) is 0 Å². The van der Waals surface area contributed by atoms with E-state index in [4.69, 9.17) is 28.6 Å². The first-order valence-electron chi connectivity index (χ1n) is 9.13. The number of rotatable bonds is 4. The first-order chi connectivity index (χ1) is 13.6. The molecule has 0 amide bonds. The van der Waals surface area contributed by atoms with Gasteiger partial charge in [0.25, 0.3) is 0 Å². The minimum Gasteiger partial charge on any atom is -0.489 e. The molecule has 0 saturated heterocycles. The van der Waals surface area contributed by atoms with Crippen LogP contribution in [0.25, 0.3) is 0 Å². The summed E-state index contributed by atoms with van der Waals surface area (Å²) in [7, 11) is 0. The monoisotopic (exact) mass is 411 g/mol. The Morgan fingerprint density at radius 1 is 1.00 bits per heavy atom. The summed E-state index contributed by atoms with van der Waals surface area (Å²) >= 11 is 11.7. The fraction of sp³-hybridized carbons (Fsp3) is 0.174. The molecule has 0 aliphatic carbocycles. The molecule has 0 saturated carbocycles. The first kappa shape index (κ1) is 18.9. The SMILES string of the molecule is Fc1cccc(Cl)c1COc1ccc(C(=S)N2CCc3ccccc3C2)cc1. The van der Waals surface area contributed by atoms with E-state index in [1.165, 1.54) is 17.2 Å². The molecule has 2 nitrogen and oxygen atoms in total. The van der Waals surface area contributed by atoms with Crippen LogP contribution in [-0.2, 0) is 19.6 Å². The lowest BCUT2D eigenvalue weighted by Gasteiger charge is -2.31. The summed E-state index contributed by atoms with van der Waals surface area (Å²) in [5, 5.41) is 0.364. The predicted octanol–water partition coefficient (Wildman–Crippen LogP) is 5.79. The van der Waals surface area contributed by atoms with E-state index < -0.39 is 0 Å². The van der Waals surface area contributed by atoms with E-state index in [2.05, 4.69) is 29.2 Å². The molecule has 3 aromatic carbocycles. The average molecular weight is 412 g/mol. The lowest BCUT2D eigenvalue weighted by atomic mass is 9.99. The highest BCUT2D eigenvalue weighted by Crippen LogP contribution is 2.24. The van der Waals surface area contributed by atoms with Gasteiger partial charge in [-0.25, -0.2) is 4.39 Å². The number of halogens is 2. The molecule has 0 bridgehead atoms. The number of nitrogens with zero attached hydrogens (tertiary/aromatic N) is 1. The number of hydrogen-bond donors (Lipinski definition) is 0. The van der Waals surface area contributed by atoms with Crippen molar-refractivity contribution in [3.63, 3.8) is 0 Å². The van der Waals surface area contributed by atoms with Crippen LogP contribution in [0.3, 0.4) is 0 Å². The maximum atomic E-state index is 13.8. The molecule has 1 heterocycles. The Bertz CT molecular complexity index is 985. The van der Waals surface area contributed by atoms with Gasteiger partial charge in [-0.15, -0.1) is 0 Å². The van der Waals surface area contributed by atoms with E-state index in [1.54, 1.807) is 12.1 Å². The van der Waals surface area contributed by atoms with Gasteiger partial charge in [0.1, 0.15) is 23.2 Å². The second-order valence-electron chi connectivity index (χ2n) is 6.76. The molecule has 0 spiro atoms. The maximum absolute atomic E-state index is 13.8. The van der Waals surface area contributed by atoms with Gasteiger partial charge >= 0.3 is 0 Å². The first-order valence-corrected chi connectivity index (χ1v) is 9.92. The zero-order chi connectivity index (χ0) is 19.5. The molecule has 0 atom stereocenters. The normalized spacial score (nSPS) is 13.1. The fourth-order valence-electron chi connectivity index (χ4n) is 3.37. The van der Waals surface area contributed by atoms with Gasteiger partial charge in [-0.2, -0.15) is 0 Å². The minimum absolute atomic E-state index is 0.0816. The second kappa shape index (κ2) is 8.29. The smallest absolute Gasteiger partial charge is 0.131 e. The van der Waals surface area contributed by atoms with Gasteiger partial charge in [0.15, 0.2) is 0 Å². The Labute approximate surface area is 174 Å². The summed E-state index contributed by atoms with van der Waals surface area (Å²) < 4.78 is 19.5. The van der Waals surface area contributed by atoms with Gasteiger partial charge in [0.05, 0.1) is 5.02 Å². The molecule has 3 aromatic rings. The topological polar surface area (TPSA) is 12.5 Å². The molecule has 142 valence electrons. The van der Waals surface area contributed by atoms with Crippen molar-refractivity contribution in [2.24, 2.45) is 0 Å². The highest BCUT2D eigenvalue weighted by Gasteiger charge is 2.19. The molecule has 0 unspecified atom stereocenters. The number of fused-ring (bicyclic) bond motifs is 1. The van der Waals surface area contributed by atoms with Crippen LogP contribution >= 0.6 is 23.8 Å². The molecule has 0 N–H and O–H groups in total. The van der Waals surface area contributed by atoms with Crippen LogP contribution < -0.4 is 4.74 Å². The van der Waals surface area contributed by atoms with Gasteiger partial charge in [0.2, 0.25) is 0 Å². The molecule has 1 aliphatic heterocycles. The largest absolute Gasteiger partial charge is 0.489 e. The van der Waals surface area contributed by atoms with Crippen molar-refractivity contribution in [2.45, 2.75) is 19.6 Å². The molecule has 4 rings (SSSR count). The third kappa shape index (κ3) is 4.03. The number of hydrogen-bond acceptors (Lipinski definition) is 2. The lowest BCUT2D eigenvalue weighted by Crippen LogP contribution is -2.35. The van der Waals surface area contributed by atoms with Crippen molar-refractivity contribution in [2.75, 3.05) is 6.54 Å². The number of ether oxygens (including phenoxy) is 1. The molecular weight excluding hydrogens is 393 g/mol. The maximum Gasteiger partial charge on any atom is 0.131 e. The van der Waals surface area contributed by atoms with E-state index in [-0.39, 0.29) is 12.4 Å². The van der Waals surface area contributed by atoms with Crippen molar-refractivity contribution in [1.82, 2.24) is 4.90 Å². The minimum atomic E-state index is -0.365. The van der Waals surface area contributed by atoms with Crippen LogP contribution in [0, 0.1) is 5.82 Å². The zero-order valence-electron chi connectivity index (χ0n) is 15.2. The van der Waals surface area contributed by atoms with Gasteiger partial charge in [0, 0.05) is 24.2 Å². The summed E-state index contributed by atoms with van der Waals surface area (Å²) in [5.74, 6) is 0.283. The Kier molecular flexibility index (Phi) is 5.60. The molecular formula is C23H19ClFNOS. The molecule has 0 radical (unpaired) electrons. The molecule has 1 aliphatic rings. The van der Waals surface area contributed by atoms with Crippen molar-refractivity contribution in [3.8, 4) is 5.75 Å². The van der Waals surface area contributed by atoms with Crippen LogP contribution in [-0.4, -0.2) is 16.4 Å². The molecule has 28 heavy (non-hydrogen) atoms. The van der Waals surface area contributed by atoms with E-state index in [9.17, 15) is 4.39 Å². The third-order valence-corrected chi connectivity index (χ3v) is 5.81. The Hall–Kier alpha value is -2.43. The summed E-state index contributed by atoms with van der Waals surface area (Å²) in [6.07, 6.45) is 1.00. The van der Waals surface area contributed by atoms with Gasteiger partial charge in [-0.1, -0.05) is 54.2 Å². The molecule has 0 aromatic heterocycles. The highest BCUT2D eigenvalue weighted by atomic mass is 35.5. The average Bonchev–Trinajstić information content (AvgIpc) is 2.73. The number of benzene rings is 3. The van der Waals surface area contributed by atoms with E-state index in [0.717, 1.165) is 30.1 Å². The van der Waals surface area contributed by atoms with E-state index in [1.807, 2.05) is 24.3 Å². The molecule has 5 heteroatoms. The van der Waals surface area contributed by atoms with Crippen LogP contribution in [0.1, 0.15) is 22.3 Å². The van der Waals surface area contributed by atoms with Crippen molar-refractivity contribution in [1.29, 1.82) is 0 Å². The van der Waals surface area contributed by atoms with Crippen molar-refractivity contribution >= 4 is 28.8 Å². The van der Waals surface area contributed by atoms with Crippen molar-refractivity contribution < 1.29 is 9.13 Å². The zero-order valence-corrected chi connectivity index (χ0v) is 16.8. The third-order valence-electron chi connectivity index (χ3n) is 4.96. The standard InChI is InChI=1S/C23H19ClFNOS/c24-21-6-3-7-22(25)20(21)15-27-19-10-8-17(9-11-19)23(28)26-13-12-16-4-1-2-5-18(16)14-26/h1-11H,12-15H2.